The van der Waals surface area contributed by atoms with Crippen LogP contribution >= 0.6 is 0 Å². The van der Waals surface area contributed by atoms with E-state index in [-0.39, 0.29) is 17.0 Å². The van der Waals surface area contributed by atoms with E-state index in [9.17, 15) is 14.7 Å². The first kappa shape index (κ1) is 22.1. The fourth-order valence-electron chi connectivity index (χ4n) is 4.09. The maximum absolute atomic E-state index is 13.5. The number of allylic oxidation sites excluding steroid dienone is 1. The van der Waals surface area contributed by atoms with Crippen molar-refractivity contribution in [2.24, 2.45) is 0 Å². The van der Waals surface area contributed by atoms with Gasteiger partial charge < -0.3 is 14.8 Å². The predicted molar refractivity (Wildman–Crippen MR) is 132 cm³/mol. The maximum atomic E-state index is 13.5. The highest BCUT2D eigenvalue weighted by atomic mass is 16.4. The van der Waals surface area contributed by atoms with E-state index in [0.29, 0.717) is 34.4 Å². The summed E-state index contributed by atoms with van der Waals surface area (Å²) < 4.78 is 6.43. The lowest BCUT2D eigenvalue weighted by molar-refractivity contribution is 0.0698. The minimum Gasteiger partial charge on any atom is -0.478 e. The Labute approximate surface area is 192 Å². The second kappa shape index (κ2) is 9.17. The van der Waals surface area contributed by atoms with Gasteiger partial charge in [0.1, 0.15) is 11.3 Å². The molecule has 3 aromatic carbocycles. The topological polar surface area (TPSA) is 79.5 Å². The number of benzene rings is 3. The summed E-state index contributed by atoms with van der Waals surface area (Å²) in [4.78, 5) is 25.2. The summed E-state index contributed by atoms with van der Waals surface area (Å²) in [5.41, 5.74) is 4.17. The molecule has 4 aromatic rings. The van der Waals surface area contributed by atoms with Crippen molar-refractivity contribution >= 4 is 22.6 Å². The molecule has 166 valence electrons. The van der Waals surface area contributed by atoms with Crippen LogP contribution < -0.4 is 10.7 Å². The number of rotatable bonds is 7. The van der Waals surface area contributed by atoms with Crippen LogP contribution in [0.2, 0.25) is 0 Å². The van der Waals surface area contributed by atoms with Crippen molar-refractivity contribution < 1.29 is 14.3 Å². The molecule has 0 fully saturated rings. The van der Waals surface area contributed by atoms with E-state index < -0.39 is 5.97 Å². The van der Waals surface area contributed by atoms with Gasteiger partial charge in [0.15, 0.2) is 5.43 Å². The molecule has 0 aliphatic heterocycles. The average Bonchev–Trinajstić information content (AvgIpc) is 2.81. The number of hydrogen-bond acceptors (Lipinski definition) is 4. The van der Waals surface area contributed by atoms with Crippen molar-refractivity contribution in [2.75, 3.05) is 5.32 Å². The number of nitrogens with one attached hydrogen (secondary N) is 1. The lowest BCUT2D eigenvalue weighted by atomic mass is 9.97. The zero-order valence-electron chi connectivity index (χ0n) is 18.6. The fourth-order valence-corrected chi connectivity index (χ4v) is 4.09. The van der Waals surface area contributed by atoms with E-state index in [0.717, 1.165) is 16.7 Å². The quantitative estimate of drug-likeness (QED) is 0.327. The van der Waals surface area contributed by atoms with Crippen LogP contribution in [0.25, 0.3) is 22.3 Å². The van der Waals surface area contributed by atoms with E-state index in [4.69, 9.17) is 4.42 Å². The van der Waals surface area contributed by atoms with Gasteiger partial charge in [-0.15, -0.1) is 6.58 Å². The van der Waals surface area contributed by atoms with Crippen LogP contribution in [0, 0.1) is 6.92 Å². The first-order chi connectivity index (χ1) is 15.9. The molecule has 1 atom stereocenters. The van der Waals surface area contributed by atoms with Gasteiger partial charge in [0.25, 0.3) is 0 Å². The first-order valence-electron chi connectivity index (χ1n) is 10.8. The van der Waals surface area contributed by atoms with Crippen molar-refractivity contribution in [3.05, 3.63) is 112 Å². The molecular formula is C28H25NO4. The summed E-state index contributed by atoms with van der Waals surface area (Å²) in [6, 6.07) is 19.8. The molecule has 0 bridgehead atoms. The highest BCUT2D eigenvalue weighted by Gasteiger charge is 2.21. The number of para-hydroxylation sites is 1. The average molecular weight is 440 g/mol. The van der Waals surface area contributed by atoms with Gasteiger partial charge in [-0.05, 0) is 44.0 Å². The van der Waals surface area contributed by atoms with E-state index in [1.165, 1.54) is 0 Å². The molecule has 33 heavy (non-hydrogen) atoms. The molecule has 1 aromatic heterocycles. The monoisotopic (exact) mass is 439 g/mol. The highest BCUT2D eigenvalue weighted by Crippen LogP contribution is 2.33. The van der Waals surface area contributed by atoms with Gasteiger partial charge in [-0.25, -0.2) is 4.79 Å². The van der Waals surface area contributed by atoms with Crippen LogP contribution in [-0.2, 0) is 6.42 Å². The van der Waals surface area contributed by atoms with Gasteiger partial charge in [-0.3, -0.25) is 4.79 Å². The summed E-state index contributed by atoms with van der Waals surface area (Å²) in [5, 5.41) is 13.3. The largest absolute Gasteiger partial charge is 0.478 e. The summed E-state index contributed by atoms with van der Waals surface area (Å²) >= 11 is 0. The molecule has 0 radical (unpaired) electrons. The number of aryl methyl sites for hydroxylation is 1. The summed E-state index contributed by atoms with van der Waals surface area (Å²) in [6.07, 6.45) is 2.10. The Morgan fingerprint density at radius 1 is 1.12 bits per heavy atom. The molecule has 2 N–H and O–H groups in total. The molecular weight excluding hydrogens is 414 g/mol. The molecule has 5 nitrogen and oxygen atoms in total. The molecule has 0 aliphatic carbocycles. The zero-order valence-corrected chi connectivity index (χ0v) is 18.6. The number of carbonyl (C=O) groups is 1. The minimum absolute atomic E-state index is 0.0851. The zero-order chi connectivity index (χ0) is 23.5. The molecule has 0 saturated carbocycles. The number of hydrogen-bond donors (Lipinski definition) is 2. The van der Waals surface area contributed by atoms with Crippen molar-refractivity contribution in [1.82, 2.24) is 0 Å². The second-order valence-corrected chi connectivity index (χ2v) is 8.05. The van der Waals surface area contributed by atoms with Crippen LogP contribution in [-0.4, -0.2) is 11.1 Å². The molecule has 0 aliphatic rings. The van der Waals surface area contributed by atoms with Gasteiger partial charge >= 0.3 is 5.97 Å². The fraction of sp³-hybridized carbons (Fsp3) is 0.143. The van der Waals surface area contributed by atoms with E-state index in [1.54, 1.807) is 30.3 Å². The first-order valence-corrected chi connectivity index (χ1v) is 10.8. The molecule has 0 unspecified atom stereocenters. The molecule has 1 heterocycles. The number of anilines is 1. The molecule has 0 spiro atoms. The van der Waals surface area contributed by atoms with Gasteiger partial charge in [-0.1, -0.05) is 54.6 Å². The van der Waals surface area contributed by atoms with Crippen LogP contribution in [0.5, 0.6) is 0 Å². The van der Waals surface area contributed by atoms with Gasteiger partial charge in [0.2, 0.25) is 0 Å². The van der Waals surface area contributed by atoms with Crippen molar-refractivity contribution in [3.8, 4) is 11.3 Å². The standard InChI is InChI=1S/C28H25NO4/c1-4-10-21-25(30)23-16-17(2)15-22(27(23)33-26(21)19-11-6-5-7-12-19)18(3)29-24-14-9-8-13-20(24)28(31)32/h4-9,11-16,18,29H,1,10H2,2-3H3,(H,31,32)/t18-/m1/s1. The molecule has 0 saturated heterocycles. The van der Waals surface area contributed by atoms with Gasteiger partial charge in [0, 0.05) is 22.4 Å². The van der Waals surface area contributed by atoms with Crippen LogP contribution in [0.15, 0.2) is 88.6 Å². The number of fused-ring (bicyclic) bond motifs is 1. The summed E-state index contributed by atoms with van der Waals surface area (Å²) in [5.74, 6) is -0.484. The highest BCUT2D eigenvalue weighted by molar-refractivity contribution is 5.94. The number of carboxylic acid groups (broad SMARTS) is 1. The Kier molecular flexibility index (Phi) is 6.13. The maximum Gasteiger partial charge on any atom is 0.337 e. The normalized spacial score (nSPS) is 11.8. The molecule has 0 amide bonds. The second-order valence-electron chi connectivity index (χ2n) is 8.05. The lowest BCUT2D eigenvalue weighted by Gasteiger charge is -2.20. The van der Waals surface area contributed by atoms with Gasteiger partial charge in [-0.2, -0.15) is 0 Å². The predicted octanol–water partition coefficient (Wildman–Crippen LogP) is 6.37. The van der Waals surface area contributed by atoms with E-state index >= 15 is 0 Å². The Morgan fingerprint density at radius 3 is 2.52 bits per heavy atom. The summed E-state index contributed by atoms with van der Waals surface area (Å²) in [7, 11) is 0. The van der Waals surface area contributed by atoms with Crippen molar-refractivity contribution in [3.63, 3.8) is 0 Å². The third-order valence-corrected chi connectivity index (χ3v) is 5.64. The Morgan fingerprint density at radius 2 is 1.82 bits per heavy atom. The van der Waals surface area contributed by atoms with E-state index in [2.05, 4.69) is 11.9 Å². The Bertz CT molecular complexity index is 1400. The third-order valence-electron chi connectivity index (χ3n) is 5.64. The molecule has 5 heteroatoms. The Hall–Kier alpha value is -4.12. The van der Waals surface area contributed by atoms with E-state index in [1.807, 2.05) is 56.3 Å². The van der Waals surface area contributed by atoms with Crippen LogP contribution in [0.4, 0.5) is 5.69 Å². The Balaban J connectivity index is 1.92. The van der Waals surface area contributed by atoms with Crippen LogP contribution in [0.3, 0.4) is 0 Å². The van der Waals surface area contributed by atoms with Gasteiger partial charge in [0.05, 0.1) is 17.0 Å². The van der Waals surface area contributed by atoms with Crippen molar-refractivity contribution in [2.45, 2.75) is 26.3 Å². The van der Waals surface area contributed by atoms with Crippen LogP contribution in [0.1, 0.15) is 40.0 Å². The smallest absolute Gasteiger partial charge is 0.337 e. The molecule has 4 rings (SSSR count). The van der Waals surface area contributed by atoms with Crippen molar-refractivity contribution in [1.29, 1.82) is 0 Å². The minimum atomic E-state index is -1.01. The lowest BCUT2D eigenvalue weighted by Crippen LogP contribution is -2.15. The SMILES string of the molecule is C=CCc1c(-c2ccccc2)oc2c([C@@H](C)Nc3ccccc3C(=O)O)cc(C)cc2c1=O. The number of aromatic carboxylic acids is 1. The summed E-state index contributed by atoms with van der Waals surface area (Å²) in [6.45, 7) is 7.66. The number of carboxylic acids is 1. The third kappa shape index (κ3) is 4.30.